The Labute approximate surface area is 185 Å². The van der Waals surface area contributed by atoms with Crippen LogP contribution in [-0.4, -0.2) is 47.8 Å². The average Bonchev–Trinajstić information content (AvgIpc) is 3.28. The topological polar surface area (TPSA) is 80.1 Å². The maximum Gasteiger partial charge on any atom is 0.246 e. The zero-order valence-electron chi connectivity index (χ0n) is 18.5. The molecular formula is C23H31N5O2S. The predicted molar refractivity (Wildman–Crippen MR) is 127 cm³/mol. The molecule has 0 radical (unpaired) electrons. The van der Waals surface area contributed by atoms with Crippen LogP contribution in [0.1, 0.15) is 31.0 Å². The Morgan fingerprint density at radius 2 is 1.71 bits per heavy atom. The third-order valence-corrected chi connectivity index (χ3v) is 6.48. The van der Waals surface area contributed by atoms with E-state index >= 15 is 0 Å². The summed E-state index contributed by atoms with van der Waals surface area (Å²) in [6.07, 6.45) is 4.91. The van der Waals surface area contributed by atoms with Crippen LogP contribution >= 0.6 is 0 Å². The van der Waals surface area contributed by atoms with Crippen molar-refractivity contribution in [2.24, 2.45) is 0 Å². The Hall–Kier alpha value is -2.87. The molecule has 3 aromatic rings. The van der Waals surface area contributed by atoms with Crippen molar-refractivity contribution in [3.8, 4) is 5.69 Å². The molecule has 166 valence electrons. The highest BCUT2D eigenvalue weighted by molar-refractivity contribution is 7.90. The molecule has 1 unspecified atom stereocenters. The van der Waals surface area contributed by atoms with Gasteiger partial charge in [-0.1, -0.05) is 6.07 Å². The molecule has 2 aromatic carbocycles. The normalized spacial score (nSPS) is 16.6. The van der Waals surface area contributed by atoms with Gasteiger partial charge in [0.25, 0.3) is 0 Å². The van der Waals surface area contributed by atoms with E-state index in [0.29, 0.717) is 5.95 Å². The quantitative estimate of drug-likeness (QED) is 0.618. The molecule has 0 spiro atoms. The number of rotatable bonds is 6. The molecule has 0 amide bonds. The maximum absolute atomic E-state index is 11.8. The molecule has 31 heavy (non-hydrogen) atoms. The van der Waals surface area contributed by atoms with E-state index in [9.17, 15) is 8.42 Å². The molecule has 4 rings (SSSR count). The minimum atomic E-state index is -3.03. The Balaban J connectivity index is 0.00000289. The summed E-state index contributed by atoms with van der Waals surface area (Å²) in [7, 11) is -3.03. The number of sulfone groups is 1. The van der Waals surface area contributed by atoms with E-state index in [1.165, 1.54) is 17.4 Å². The lowest BCUT2D eigenvalue weighted by atomic mass is 10.1. The Morgan fingerprint density at radius 1 is 1.03 bits per heavy atom. The molecule has 2 heterocycles. The smallest absolute Gasteiger partial charge is 0.246 e. The van der Waals surface area contributed by atoms with E-state index in [2.05, 4.69) is 58.4 Å². The van der Waals surface area contributed by atoms with Crippen LogP contribution in [0.4, 0.5) is 17.3 Å². The van der Waals surface area contributed by atoms with Crippen molar-refractivity contribution in [1.29, 1.82) is 0 Å². The minimum Gasteiger partial charge on any atom is -0.367 e. The number of aryl methyl sites for hydroxylation is 3. The number of nitrogens with one attached hydrogen (secondary N) is 1. The maximum atomic E-state index is 11.8. The van der Waals surface area contributed by atoms with Crippen molar-refractivity contribution in [2.45, 2.75) is 39.7 Å². The summed E-state index contributed by atoms with van der Waals surface area (Å²) < 4.78 is 25.5. The lowest BCUT2D eigenvalue weighted by molar-refractivity contribution is 0.591. The second-order valence-electron chi connectivity index (χ2n) is 8.62. The zero-order valence-corrected chi connectivity index (χ0v) is 19.3. The van der Waals surface area contributed by atoms with Crippen molar-refractivity contribution in [3.63, 3.8) is 0 Å². The summed E-state index contributed by atoms with van der Waals surface area (Å²) in [5.41, 5.74) is 6.35. The van der Waals surface area contributed by atoms with Gasteiger partial charge in [-0.2, -0.15) is 4.98 Å². The molecule has 1 fully saturated rings. The fourth-order valence-corrected chi connectivity index (χ4v) is 5.40. The van der Waals surface area contributed by atoms with Gasteiger partial charge in [0, 0.05) is 31.6 Å². The fourth-order valence-electron chi connectivity index (χ4n) is 4.36. The van der Waals surface area contributed by atoms with Gasteiger partial charge in [-0.05, 0) is 80.6 Å². The van der Waals surface area contributed by atoms with Crippen LogP contribution in [0.2, 0.25) is 0 Å². The fraction of sp³-hybridized carbons (Fsp3) is 0.391. The van der Waals surface area contributed by atoms with Crippen LogP contribution < -0.4 is 10.2 Å². The number of aromatic nitrogens is 3. The van der Waals surface area contributed by atoms with Crippen LogP contribution in [-0.2, 0) is 9.84 Å². The molecule has 0 saturated carbocycles. The third-order valence-electron chi connectivity index (χ3n) is 5.49. The Kier molecular flexibility index (Phi) is 5.75. The van der Waals surface area contributed by atoms with E-state index in [1.807, 2.05) is 19.1 Å². The van der Waals surface area contributed by atoms with Gasteiger partial charge in [-0.25, -0.2) is 13.1 Å². The number of hydrogen-bond donors (Lipinski definition) is 1. The SMILES string of the molecule is Cc1cc(Nc2ncn(-c3cc(C)cc(C)c3)n2)cc(N2CCCC2CS(C)(=O)=O)c1.[HH]. The summed E-state index contributed by atoms with van der Waals surface area (Å²) in [4.78, 5) is 6.62. The standard InChI is InChI=1S/C23H29N5O2S.H2/c1-16-8-17(2)12-22(11-16)28-15-24-23(26-28)25-19-9-18(3)10-21(13-19)27-7-5-6-20(27)14-31(4,29)30;/h8-13,15,20H,5-7,14H2,1-4H3,(H,25,26);1H. The van der Waals surface area contributed by atoms with Gasteiger partial charge in [-0.3, -0.25) is 0 Å². The first-order valence-electron chi connectivity index (χ1n) is 10.5. The van der Waals surface area contributed by atoms with Crippen molar-refractivity contribution >= 4 is 27.2 Å². The summed E-state index contributed by atoms with van der Waals surface area (Å²) in [5, 5.41) is 7.88. The molecule has 7 nitrogen and oxygen atoms in total. The molecule has 1 aromatic heterocycles. The number of nitrogens with zero attached hydrogens (tertiary/aromatic N) is 4. The summed E-state index contributed by atoms with van der Waals surface area (Å²) in [6.45, 7) is 7.03. The van der Waals surface area contributed by atoms with E-state index in [-0.39, 0.29) is 13.2 Å². The molecule has 0 bridgehead atoms. The van der Waals surface area contributed by atoms with Gasteiger partial charge < -0.3 is 10.2 Å². The van der Waals surface area contributed by atoms with Crippen LogP contribution in [0, 0.1) is 20.8 Å². The van der Waals surface area contributed by atoms with Gasteiger partial charge in [0.05, 0.1) is 11.4 Å². The highest BCUT2D eigenvalue weighted by Crippen LogP contribution is 2.30. The molecule has 1 saturated heterocycles. The Morgan fingerprint density at radius 3 is 2.42 bits per heavy atom. The minimum absolute atomic E-state index is 0. The van der Waals surface area contributed by atoms with Crippen LogP contribution in [0.3, 0.4) is 0 Å². The zero-order chi connectivity index (χ0) is 22.2. The van der Waals surface area contributed by atoms with Crippen LogP contribution in [0.15, 0.2) is 42.7 Å². The Bertz CT molecular complexity index is 1190. The van der Waals surface area contributed by atoms with Gasteiger partial charge in [0.15, 0.2) is 0 Å². The van der Waals surface area contributed by atoms with E-state index in [1.54, 1.807) is 11.0 Å². The number of benzene rings is 2. The number of hydrogen-bond acceptors (Lipinski definition) is 6. The van der Waals surface area contributed by atoms with Crippen molar-refractivity contribution in [1.82, 2.24) is 14.8 Å². The summed E-state index contributed by atoms with van der Waals surface area (Å²) in [6, 6.07) is 12.5. The lowest BCUT2D eigenvalue weighted by Gasteiger charge is -2.27. The third kappa shape index (κ3) is 5.25. The second-order valence-corrected chi connectivity index (χ2v) is 10.8. The van der Waals surface area contributed by atoms with Gasteiger partial charge in [-0.15, -0.1) is 5.10 Å². The number of anilines is 3. The average molecular weight is 442 g/mol. The first-order chi connectivity index (χ1) is 14.7. The predicted octanol–water partition coefficient (Wildman–Crippen LogP) is 4.20. The van der Waals surface area contributed by atoms with E-state index < -0.39 is 9.84 Å². The highest BCUT2D eigenvalue weighted by Gasteiger charge is 2.28. The van der Waals surface area contributed by atoms with E-state index in [0.717, 1.165) is 42.0 Å². The molecule has 0 aliphatic carbocycles. The monoisotopic (exact) mass is 441 g/mol. The van der Waals surface area contributed by atoms with Gasteiger partial charge in [0.1, 0.15) is 16.2 Å². The first kappa shape index (κ1) is 21.4. The molecule has 1 N–H and O–H groups in total. The first-order valence-corrected chi connectivity index (χ1v) is 12.6. The summed E-state index contributed by atoms with van der Waals surface area (Å²) in [5.74, 6) is 0.704. The molecule has 1 aliphatic rings. The molecule has 8 heteroatoms. The lowest BCUT2D eigenvalue weighted by Crippen LogP contribution is -2.34. The van der Waals surface area contributed by atoms with Crippen LogP contribution in [0.25, 0.3) is 5.69 Å². The van der Waals surface area contributed by atoms with E-state index in [4.69, 9.17) is 0 Å². The van der Waals surface area contributed by atoms with Gasteiger partial charge in [0.2, 0.25) is 5.95 Å². The summed E-state index contributed by atoms with van der Waals surface area (Å²) >= 11 is 0. The molecular weight excluding hydrogens is 410 g/mol. The van der Waals surface area contributed by atoms with Crippen molar-refractivity contribution in [2.75, 3.05) is 28.8 Å². The second kappa shape index (κ2) is 8.34. The molecule has 1 aliphatic heterocycles. The molecule has 1 atom stereocenters. The van der Waals surface area contributed by atoms with Crippen molar-refractivity contribution in [3.05, 3.63) is 59.4 Å². The van der Waals surface area contributed by atoms with Crippen LogP contribution in [0.5, 0.6) is 0 Å². The van der Waals surface area contributed by atoms with Crippen molar-refractivity contribution < 1.29 is 9.84 Å². The largest absolute Gasteiger partial charge is 0.367 e. The highest BCUT2D eigenvalue weighted by atomic mass is 32.2. The van der Waals surface area contributed by atoms with Gasteiger partial charge >= 0.3 is 0 Å².